The van der Waals surface area contributed by atoms with Crippen LogP contribution in [0.4, 0.5) is 0 Å². The van der Waals surface area contributed by atoms with E-state index in [1.54, 1.807) is 29.5 Å². The molecule has 124 valence electrons. The Morgan fingerprint density at radius 1 is 1.04 bits per heavy atom. The number of rotatable bonds is 6. The summed E-state index contributed by atoms with van der Waals surface area (Å²) in [4.78, 5) is 0. The lowest BCUT2D eigenvalue weighted by molar-refractivity contribution is 0.303. The van der Waals surface area contributed by atoms with Crippen LogP contribution in [-0.4, -0.2) is 14.9 Å². The highest BCUT2D eigenvalue weighted by Crippen LogP contribution is 2.26. The number of nitrogens with one attached hydrogen (secondary N) is 1. The molecule has 1 N–H and O–H groups in total. The van der Waals surface area contributed by atoms with Gasteiger partial charge in [0.1, 0.15) is 25.0 Å². The predicted octanol–water partition coefficient (Wildman–Crippen LogP) is 4.67. The molecule has 0 aliphatic heterocycles. The quantitative estimate of drug-likeness (QED) is 0.620. The lowest BCUT2D eigenvalue weighted by atomic mass is 10.2. The number of ether oxygens (including phenoxy) is 1. The van der Waals surface area contributed by atoms with Crippen LogP contribution in [0.15, 0.2) is 53.5 Å². The summed E-state index contributed by atoms with van der Waals surface area (Å²) >= 11 is 15.6. The summed E-state index contributed by atoms with van der Waals surface area (Å²) in [6, 6.07) is 11.2. The van der Waals surface area contributed by atoms with E-state index in [4.69, 9.17) is 27.9 Å². The molecule has 3 aromatic rings. The van der Waals surface area contributed by atoms with E-state index in [9.17, 15) is 0 Å². The van der Waals surface area contributed by atoms with Crippen molar-refractivity contribution in [3.63, 3.8) is 0 Å². The van der Waals surface area contributed by atoms with Crippen molar-refractivity contribution < 1.29 is 4.74 Å². The second kappa shape index (κ2) is 7.88. The van der Waals surface area contributed by atoms with E-state index in [-0.39, 0.29) is 0 Å². The zero-order valence-corrected chi connectivity index (χ0v) is 15.5. The molecular weight excluding hydrogens is 415 g/mol. The van der Waals surface area contributed by atoms with Crippen LogP contribution >= 0.6 is 39.1 Å². The van der Waals surface area contributed by atoms with Gasteiger partial charge in [0.05, 0.1) is 6.54 Å². The molecule has 0 saturated heterocycles. The molecule has 0 aliphatic carbocycles. The topological polar surface area (TPSA) is 52.0 Å². The van der Waals surface area contributed by atoms with Gasteiger partial charge < -0.3 is 10.2 Å². The first-order chi connectivity index (χ1) is 11.6. The van der Waals surface area contributed by atoms with Gasteiger partial charge in [-0.25, -0.2) is 4.68 Å². The minimum absolute atomic E-state index is 0.358. The first-order valence-electron chi connectivity index (χ1n) is 7.05. The average Bonchev–Trinajstić information content (AvgIpc) is 3.07. The molecule has 1 aromatic heterocycles. The van der Waals surface area contributed by atoms with Gasteiger partial charge in [-0.15, -0.1) is 10.2 Å². The van der Waals surface area contributed by atoms with Crippen LogP contribution in [0.2, 0.25) is 10.0 Å². The average molecular weight is 428 g/mol. The van der Waals surface area contributed by atoms with E-state index in [1.165, 1.54) is 0 Å². The maximum absolute atomic E-state index is 6.19. The molecule has 0 bridgehead atoms. The lowest BCUT2D eigenvalue weighted by Gasteiger charge is -2.14. The van der Waals surface area contributed by atoms with Crippen molar-refractivity contribution in [1.82, 2.24) is 14.9 Å². The molecule has 0 unspecified atom stereocenters. The van der Waals surface area contributed by atoms with Crippen molar-refractivity contribution in [2.24, 2.45) is 0 Å². The fourth-order valence-corrected chi connectivity index (χ4v) is 2.95. The molecule has 2 aromatic carbocycles. The summed E-state index contributed by atoms with van der Waals surface area (Å²) in [7, 11) is 0. The highest BCUT2D eigenvalue weighted by Gasteiger charge is 2.08. The minimum Gasteiger partial charge on any atom is -0.488 e. The molecule has 0 aliphatic rings. The summed E-state index contributed by atoms with van der Waals surface area (Å²) in [5.74, 6) is 0.768. The minimum atomic E-state index is 0.358. The van der Waals surface area contributed by atoms with Crippen LogP contribution in [0.5, 0.6) is 5.75 Å². The normalized spacial score (nSPS) is 10.6. The van der Waals surface area contributed by atoms with E-state index in [0.717, 1.165) is 21.3 Å². The Kier molecular flexibility index (Phi) is 5.60. The number of aromatic nitrogens is 3. The second-order valence-electron chi connectivity index (χ2n) is 4.98. The SMILES string of the molecule is Clc1ccc(COc2ccc(Br)cc2CNn2cnnc2)c(Cl)c1. The molecule has 0 spiro atoms. The Bertz CT molecular complexity index is 827. The molecule has 8 heteroatoms. The van der Waals surface area contributed by atoms with Crippen LogP contribution in [0, 0.1) is 0 Å². The third-order valence-electron chi connectivity index (χ3n) is 3.29. The van der Waals surface area contributed by atoms with Gasteiger partial charge in [-0.1, -0.05) is 45.2 Å². The predicted molar refractivity (Wildman–Crippen MR) is 98.0 cm³/mol. The van der Waals surface area contributed by atoms with E-state index < -0.39 is 0 Å². The van der Waals surface area contributed by atoms with Gasteiger partial charge in [-0.3, -0.25) is 0 Å². The van der Waals surface area contributed by atoms with Crippen LogP contribution in [0.1, 0.15) is 11.1 Å². The zero-order chi connectivity index (χ0) is 16.9. The molecule has 3 rings (SSSR count). The highest BCUT2D eigenvalue weighted by atomic mass is 79.9. The maximum atomic E-state index is 6.19. The van der Waals surface area contributed by atoms with Crippen molar-refractivity contribution >= 4 is 39.1 Å². The largest absolute Gasteiger partial charge is 0.488 e. The Hall–Kier alpha value is -1.76. The van der Waals surface area contributed by atoms with Gasteiger partial charge in [0.25, 0.3) is 0 Å². The Morgan fingerprint density at radius 2 is 1.83 bits per heavy atom. The van der Waals surface area contributed by atoms with Crippen LogP contribution in [0.25, 0.3) is 0 Å². The molecular formula is C16H13BrCl2N4O. The van der Waals surface area contributed by atoms with Gasteiger partial charge in [-0.05, 0) is 30.3 Å². The summed E-state index contributed by atoms with van der Waals surface area (Å²) in [6.07, 6.45) is 3.18. The third kappa shape index (κ3) is 4.41. The van der Waals surface area contributed by atoms with Gasteiger partial charge >= 0.3 is 0 Å². The van der Waals surface area contributed by atoms with Crippen LogP contribution in [0.3, 0.4) is 0 Å². The maximum Gasteiger partial charge on any atom is 0.138 e. The molecule has 0 amide bonds. The molecule has 5 nitrogen and oxygen atoms in total. The van der Waals surface area contributed by atoms with Gasteiger partial charge in [0.2, 0.25) is 0 Å². The first kappa shape index (κ1) is 17.1. The van der Waals surface area contributed by atoms with Gasteiger partial charge in [-0.2, -0.15) is 0 Å². The Morgan fingerprint density at radius 3 is 2.58 bits per heavy atom. The first-order valence-corrected chi connectivity index (χ1v) is 8.60. The fourth-order valence-electron chi connectivity index (χ4n) is 2.08. The highest BCUT2D eigenvalue weighted by molar-refractivity contribution is 9.10. The lowest BCUT2D eigenvalue weighted by Crippen LogP contribution is -2.13. The van der Waals surface area contributed by atoms with E-state index in [2.05, 4.69) is 31.6 Å². The Labute approximate surface area is 157 Å². The summed E-state index contributed by atoms with van der Waals surface area (Å²) in [6.45, 7) is 0.915. The number of halogens is 3. The summed E-state index contributed by atoms with van der Waals surface area (Å²) in [5.41, 5.74) is 5.04. The van der Waals surface area contributed by atoms with Crippen molar-refractivity contribution in [3.05, 3.63) is 74.7 Å². The van der Waals surface area contributed by atoms with E-state index in [0.29, 0.717) is 23.2 Å². The molecule has 0 radical (unpaired) electrons. The monoisotopic (exact) mass is 426 g/mol. The molecule has 1 heterocycles. The second-order valence-corrected chi connectivity index (χ2v) is 6.74. The zero-order valence-electron chi connectivity index (χ0n) is 12.4. The van der Waals surface area contributed by atoms with Crippen molar-refractivity contribution in [1.29, 1.82) is 0 Å². The van der Waals surface area contributed by atoms with Crippen LogP contribution in [-0.2, 0) is 13.2 Å². The summed E-state index contributed by atoms with van der Waals surface area (Å²) < 4.78 is 8.59. The number of benzene rings is 2. The van der Waals surface area contributed by atoms with Gasteiger partial charge in [0.15, 0.2) is 0 Å². The molecule has 0 fully saturated rings. The number of hydrogen-bond acceptors (Lipinski definition) is 4. The summed E-state index contributed by atoms with van der Waals surface area (Å²) in [5, 5.41) is 8.69. The molecule has 24 heavy (non-hydrogen) atoms. The smallest absolute Gasteiger partial charge is 0.138 e. The Balaban J connectivity index is 1.72. The van der Waals surface area contributed by atoms with E-state index in [1.807, 2.05) is 24.3 Å². The van der Waals surface area contributed by atoms with E-state index >= 15 is 0 Å². The van der Waals surface area contributed by atoms with Crippen molar-refractivity contribution in [2.45, 2.75) is 13.2 Å². The number of hydrogen-bond donors (Lipinski definition) is 1. The molecule has 0 saturated carbocycles. The van der Waals surface area contributed by atoms with Crippen molar-refractivity contribution in [2.75, 3.05) is 5.43 Å². The fraction of sp³-hybridized carbons (Fsp3) is 0.125. The standard InChI is InChI=1S/C16H13BrCl2N4O/c17-13-2-4-16(12(5-13)7-22-23-9-20-21-10-23)24-8-11-1-3-14(18)6-15(11)19/h1-6,9-10,22H,7-8H2. The van der Waals surface area contributed by atoms with Crippen LogP contribution < -0.4 is 10.2 Å². The number of nitrogens with zero attached hydrogens (tertiary/aromatic N) is 3. The van der Waals surface area contributed by atoms with Crippen molar-refractivity contribution in [3.8, 4) is 5.75 Å². The van der Waals surface area contributed by atoms with Gasteiger partial charge in [0, 0.05) is 25.6 Å². The molecule has 0 atom stereocenters. The third-order valence-corrected chi connectivity index (χ3v) is 4.37.